The van der Waals surface area contributed by atoms with Crippen LogP contribution in [0.5, 0.6) is 0 Å². The Morgan fingerprint density at radius 1 is 1.00 bits per heavy atom. The quantitative estimate of drug-likeness (QED) is 0.353. The van der Waals surface area contributed by atoms with Crippen LogP contribution in [0.25, 0.3) is 0 Å². The van der Waals surface area contributed by atoms with Gasteiger partial charge in [-0.1, -0.05) is 0 Å². The van der Waals surface area contributed by atoms with E-state index < -0.39 is 11.9 Å². The molecule has 0 aliphatic rings. The first-order valence-electron chi connectivity index (χ1n) is 1.25. The van der Waals surface area contributed by atoms with Crippen molar-refractivity contribution in [2.75, 3.05) is 0 Å². The Hall–Kier alpha value is -0.741. The third-order valence-corrected chi connectivity index (χ3v) is 0.183. The van der Waals surface area contributed by atoms with Gasteiger partial charge in [0, 0.05) is 0 Å². The number of carboxylic acids is 2. The van der Waals surface area contributed by atoms with E-state index in [9.17, 15) is 0 Å². The van der Waals surface area contributed by atoms with Crippen LogP contribution < -0.4 is 0 Å². The zero-order chi connectivity index (χ0) is 7.15. The van der Waals surface area contributed by atoms with E-state index in [-0.39, 0.29) is 0 Å². The molecule has 0 rings (SSSR count). The van der Waals surface area contributed by atoms with E-state index in [1.807, 2.05) is 15.9 Å². The molecule has 0 amide bonds. The molecule has 8 heavy (non-hydrogen) atoms. The molecular weight excluding hydrogens is 160 g/mol. The fraction of sp³-hybridized carbons (Fsp3) is 0. The second-order valence-electron chi connectivity index (χ2n) is 0.610. The zero-order valence-corrected chi connectivity index (χ0v) is 4.58. The molecule has 0 saturated carbocycles. The van der Waals surface area contributed by atoms with E-state index in [2.05, 4.69) is 0 Å². The van der Waals surface area contributed by atoms with Crippen LogP contribution in [0, 0.1) is 0 Å². The zero-order valence-electron chi connectivity index (χ0n) is 3.47. The Labute approximate surface area is 52.3 Å². The van der Waals surface area contributed by atoms with Crippen molar-refractivity contribution in [3.05, 3.63) is 0 Å². The summed E-state index contributed by atoms with van der Waals surface area (Å²) in [6.07, 6.45) is 0. The number of rotatable bonds is 0. The molecular formula is C2H2FeO5. The van der Waals surface area contributed by atoms with Crippen molar-refractivity contribution in [1.29, 1.82) is 0 Å². The molecule has 2 N–H and O–H groups in total. The van der Waals surface area contributed by atoms with Gasteiger partial charge >= 0.3 is 31.7 Å². The molecule has 0 fully saturated rings. The molecule has 0 radical (unpaired) electrons. The minimum absolute atomic E-state index is 1.82. The van der Waals surface area contributed by atoms with E-state index >= 15 is 0 Å². The van der Waals surface area contributed by atoms with Crippen LogP contribution in [0.3, 0.4) is 0 Å². The molecule has 0 bridgehead atoms. The summed E-state index contributed by atoms with van der Waals surface area (Å²) in [5.41, 5.74) is 0. The Kier molecular flexibility index (Phi) is 8.05. The maximum absolute atomic E-state index is 9.10. The molecule has 0 aromatic heterocycles. The molecule has 0 unspecified atom stereocenters. The van der Waals surface area contributed by atoms with Crippen LogP contribution in [0.15, 0.2) is 0 Å². The van der Waals surface area contributed by atoms with Crippen molar-refractivity contribution in [3.63, 3.8) is 0 Å². The normalized spacial score (nSPS) is 6.12. The van der Waals surface area contributed by atoms with Crippen molar-refractivity contribution >= 4 is 11.9 Å². The van der Waals surface area contributed by atoms with Crippen LogP contribution >= 0.6 is 0 Å². The topological polar surface area (TPSA) is 91.7 Å². The van der Waals surface area contributed by atoms with Crippen molar-refractivity contribution in [2.45, 2.75) is 0 Å². The summed E-state index contributed by atoms with van der Waals surface area (Å²) in [7, 11) is 0. The Balaban J connectivity index is 0. The third-order valence-electron chi connectivity index (χ3n) is 0.183. The van der Waals surface area contributed by atoms with Crippen LogP contribution in [-0.2, 0) is 29.4 Å². The predicted molar refractivity (Wildman–Crippen MR) is 16.0 cm³/mol. The third kappa shape index (κ3) is 8.98. The van der Waals surface area contributed by atoms with Crippen molar-refractivity contribution in [3.8, 4) is 0 Å². The first kappa shape index (κ1) is 10.3. The molecule has 0 aromatic rings. The van der Waals surface area contributed by atoms with E-state index in [4.69, 9.17) is 23.6 Å². The number of aliphatic carboxylic acids is 2. The molecule has 0 saturated heterocycles. The Bertz CT molecular complexity index is 86.6. The van der Waals surface area contributed by atoms with Crippen molar-refractivity contribution in [1.82, 2.24) is 0 Å². The number of hydrogen-bond acceptors (Lipinski definition) is 3. The van der Waals surface area contributed by atoms with Gasteiger partial charge in [0.2, 0.25) is 0 Å². The van der Waals surface area contributed by atoms with Crippen LogP contribution in [-0.4, -0.2) is 22.2 Å². The second kappa shape index (κ2) is 6.26. The molecule has 0 heterocycles. The van der Waals surface area contributed by atoms with Crippen LogP contribution in [0.4, 0.5) is 0 Å². The Morgan fingerprint density at radius 3 is 1.12 bits per heavy atom. The summed E-state index contributed by atoms with van der Waals surface area (Å²) in [6.45, 7) is 0. The fourth-order valence-electron chi connectivity index (χ4n) is 0. The molecule has 0 aliphatic carbocycles. The summed E-state index contributed by atoms with van der Waals surface area (Å²) < 4.78 is 8.00. The second-order valence-corrected chi connectivity index (χ2v) is 0.610. The molecule has 0 spiro atoms. The van der Waals surface area contributed by atoms with Gasteiger partial charge in [-0.2, -0.15) is 0 Å². The maximum atomic E-state index is 9.10. The summed E-state index contributed by atoms with van der Waals surface area (Å²) in [4.78, 5) is 18.2. The summed E-state index contributed by atoms with van der Waals surface area (Å²) in [6, 6.07) is 0. The summed E-state index contributed by atoms with van der Waals surface area (Å²) in [5, 5.41) is 14.8. The van der Waals surface area contributed by atoms with Crippen LogP contribution in [0.1, 0.15) is 0 Å². The van der Waals surface area contributed by atoms with E-state index in [0.717, 1.165) is 0 Å². The van der Waals surface area contributed by atoms with Crippen molar-refractivity contribution < 1.29 is 39.6 Å². The van der Waals surface area contributed by atoms with Gasteiger partial charge in [0.15, 0.2) is 0 Å². The van der Waals surface area contributed by atoms with Gasteiger partial charge in [0.05, 0.1) is 0 Å². The van der Waals surface area contributed by atoms with Gasteiger partial charge in [-0.05, 0) is 0 Å². The van der Waals surface area contributed by atoms with Gasteiger partial charge in [0.25, 0.3) is 0 Å². The molecule has 0 aliphatic heterocycles. The molecule has 0 atom stereocenters. The number of carbonyl (C=O) groups is 2. The molecule has 0 aromatic carbocycles. The summed E-state index contributed by atoms with van der Waals surface area (Å²) in [5.74, 6) is -3.65. The average Bonchev–Trinajstić information content (AvgIpc) is 1.72. The Morgan fingerprint density at radius 2 is 1.12 bits per heavy atom. The predicted octanol–water partition coefficient (Wildman–Crippen LogP) is -0.966. The van der Waals surface area contributed by atoms with E-state index in [1.54, 1.807) is 0 Å². The van der Waals surface area contributed by atoms with Gasteiger partial charge in [-0.15, -0.1) is 0 Å². The van der Waals surface area contributed by atoms with Gasteiger partial charge < -0.3 is 10.2 Å². The molecule has 5 nitrogen and oxygen atoms in total. The number of carboxylic acid groups (broad SMARTS) is 2. The first-order chi connectivity index (χ1) is 3.64. The molecule has 48 valence electrons. The SMILES string of the molecule is O=C(O)C(=O)O.[O]=[Fe]. The minimum atomic E-state index is -1.82. The van der Waals surface area contributed by atoms with Gasteiger partial charge in [0.1, 0.15) is 0 Å². The average molecular weight is 162 g/mol. The van der Waals surface area contributed by atoms with Crippen molar-refractivity contribution in [2.24, 2.45) is 0 Å². The monoisotopic (exact) mass is 162 g/mol. The van der Waals surface area contributed by atoms with E-state index in [0.29, 0.717) is 0 Å². The molecule has 6 heteroatoms. The van der Waals surface area contributed by atoms with Gasteiger partial charge in [-0.25, -0.2) is 9.59 Å². The van der Waals surface area contributed by atoms with E-state index in [1.165, 1.54) is 0 Å². The van der Waals surface area contributed by atoms with Crippen LogP contribution in [0.2, 0.25) is 0 Å². The standard InChI is InChI=1S/C2H2O4.Fe.O/c3-1(4)2(5)6;;/h(H,3,4)(H,5,6);;. The summed E-state index contributed by atoms with van der Waals surface area (Å²) >= 11 is 2.00. The van der Waals surface area contributed by atoms with Gasteiger partial charge in [-0.3, -0.25) is 0 Å². The first-order valence-corrected chi connectivity index (χ1v) is 1.70. The number of hydrogen-bond donors (Lipinski definition) is 2. The fourth-order valence-corrected chi connectivity index (χ4v) is 0.